The van der Waals surface area contributed by atoms with Crippen LogP contribution in [0.1, 0.15) is 18.5 Å². The summed E-state index contributed by atoms with van der Waals surface area (Å²) >= 11 is 0. The third-order valence-corrected chi connectivity index (χ3v) is 2.79. The van der Waals surface area contributed by atoms with Crippen LogP contribution >= 0.6 is 0 Å². The van der Waals surface area contributed by atoms with Gasteiger partial charge in [-0.25, -0.2) is 4.39 Å². The summed E-state index contributed by atoms with van der Waals surface area (Å²) in [6.07, 6.45) is 1.36. The number of anilines is 1. The van der Waals surface area contributed by atoms with E-state index in [-0.39, 0.29) is 17.7 Å². The van der Waals surface area contributed by atoms with Gasteiger partial charge in [0.15, 0.2) is 0 Å². The molecular formula is C12H13FN4O2. The van der Waals surface area contributed by atoms with Gasteiger partial charge in [0.1, 0.15) is 5.82 Å². The van der Waals surface area contributed by atoms with E-state index in [9.17, 15) is 14.5 Å². The summed E-state index contributed by atoms with van der Waals surface area (Å²) in [5.74, 6) is -0.293. The molecule has 1 atom stereocenters. The molecule has 0 saturated heterocycles. The maximum Gasteiger partial charge on any atom is 0.406 e. The average molecular weight is 264 g/mol. The zero-order valence-corrected chi connectivity index (χ0v) is 10.5. The molecule has 0 aliphatic rings. The highest BCUT2D eigenvalue weighted by Gasteiger charge is 2.21. The molecule has 1 N–H and O–H groups in total. The topological polar surface area (TPSA) is 73.0 Å². The van der Waals surface area contributed by atoms with E-state index in [1.54, 1.807) is 26.1 Å². The van der Waals surface area contributed by atoms with Crippen molar-refractivity contribution in [2.75, 3.05) is 5.32 Å². The fraction of sp³-hybridized carbons (Fsp3) is 0.250. The van der Waals surface area contributed by atoms with E-state index >= 15 is 0 Å². The molecule has 2 rings (SSSR count). The van der Waals surface area contributed by atoms with Gasteiger partial charge in [0.2, 0.25) is 12.1 Å². The minimum atomic E-state index is -0.555. The second-order valence-electron chi connectivity index (χ2n) is 4.21. The summed E-state index contributed by atoms with van der Waals surface area (Å²) in [4.78, 5) is 14.0. The first-order valence-electron chi connectivity index (χ1n) is 5.66. The van der Waals surface area contributed by atoms with E-state index in [2.05, 4.69) is 10.3 Å². The van der Waals surface area contributed by atoms with Gasteiger partial charge in [-0.3, -0.25) is 4.57 Å². The maximum absolute atomic E-state index is 13.1. The predicted octanol–water partition coefficient (Wildman–Crippen LogP) is 2.64. The zero-order chi connectivity index (χ0) is 14.0. The Bertz CT molecular complexity index is 612. The molecule has 100 valence electrons. The lowest BCUT2D eigenvalue weighted by molar-refractivity contribution is -0.388. The van der Waals surface area contributed by atoms with E-state index in [0.717, 1.165) is 0 Å². The van der Waals surface area contributed by atoms with Crippen molar-refractivity contribution in [1.29, 1.82) is 0 Å². The molecule has 0 spiro atoms. The van der Waals surface area contributed by atoms with Crippen molar-refractivity contribution < 1.29 is 9.31 Å². The molecule has 1 heterocycles. The molecule has 0 aliphatic carbocycles. The summed E-state index contributed by atoms with van der Waals surface area (Å²) < 4.78 is 14.7. The van der Waals surface area contributed by atoms with Crippen LogP contribution in [0.15, 0.2) is 30.6 Å². The highest BCUT2D eigenvalue weighted by atomic mass is 19.1. The lowest BCUT2D eigenvalue weighted by Gasteiger charge is -2.15. The van der Waals surface area contributed by atoms with Gasteiger partial charge in [0.05, 0.1) is 6.04 Å². The van der Waals surface area contributed by atoms with Crippen molar-refractivity contribution in [2.45, 2.75) is 13.0 Å². The summed E-state index contributed by atoms with van der Waals surface area (Å²) in [5, 5.41) is 13.8. The minimum Gasteiger partial charge on any atom is -0.358 e. The van der Waals surface area contributed by atoms with Crippen LogP contribution in [0.3, 0.4) is 0 Å². The molecule has 2 aromatic rings. The average Bonchev–Trinajstić information content (AvgIpc) is 2.71. The molecule has 0 saturated carbocycles. The van der Waals surface area contributed by atoms with Gasteiger partial charge in [-0.1, -0.05) is 12.1 Å². The fourth-order valence-corrected chi connectivity index (χ4v) is 1.78. The lowest BCUT2D eigenvalue weighted by atomic mass is 10.1. The first kappa shape index (κ1) is 13.0. The van der Waals surface area contributed by atoms with Gasteiger partial charge in [0.25, 0.3) is 0 Å². The number of nitro groups is 1. The molecule has 1 aromatic carbocycles. The Morgan fingerprint density at radius 3 is 2.89 bits per heavy atom. The molecule has 0 fully saturated rings. The van der Waals surface area contributed by atoms with Crippen molar-refractivity contribution in [1.82, 2.24) is 9.55 Å². The third kappa shape index (κ3) is 2.70. The number of imidazole rings is 1. The van der Waals surface area contributed by atoms with Crippen LogP contribution in [0, 0.1) is 15.9 Å². The largest absolute Gasteiger partial charge is 0.406 e. The number of hydrogen-bond donors (Lipinski definition) is 1. The van der Waals surface area contributed by atoms with Crippen LogP contribution < -0.4 is 5.32 Å². The predicted molar refractivity (Wildman–Crippen MR) is 68.3 cm³/mol. The number of halogens is 1. The van der Waals surface area contributed by atoms with Crippen molar-refractivity contribution in [3.63, 3.8) is 0 Å². The van der Waals surface area contributed by atoms with Gasteiger partial charge in [-0.2, -0.15) is 0 Å². The van der Waals surface area contributed by atoms with Crippen molar-refractivity contribution >= 4 is 11.6 Å². The Morgan fingerprint density at radius 1 is 1.53 bits per heavy atom. The molecule has 1 aromatic heterocycles. The number of nitrogens with zero attached hydrogens (tertiary/aromatic N) is 3. The van der Waals surface area contributed by atoms with Crippen LogP contribution in [0.25, 0.3) is 0 Å². The molecule has 7 heteroatoms. The van der Waals surface area contributed by atoms with E-state index < -0.39 is 4.92 Å². The standard InChI is InChI=1S/C12H13FN4O2/c1-8(9-4-3-5-10(13)6-9)15-12-11(17(18)19)14-7-16(12)2/h3-8,15H,1-2H3. The van der Waals surface area contributed by atoms with Crippen LogP contribution in [0.4, 0.5) is 16.0 Å². The second-order valence-corrected chi connectivity index (χ2v) is 4.21. The number of aryl methyl sites for hydroxylation is 1. The van der Waals surface area contributed by atoms with Crippen molar-refractivity contribution in [2.24, 2.45) is 7.05 Å². The number of rotatable bonds is 4. The Labute approximate surface area is 109 Å². The van der Waals surface area contributed by atoms with E-state index in [1.165, 1.54) is 23.0 Å². The van der Waals surface area contributed by atoms with Gasteiger partial charge in [0, 0.05) is 7.05 Å². The first-order chi connectivity index (χ1) is 8.99. The maximum atomic E-state index is 13.1. The highest BCUT2D eigenvalue weighted by molar-refractivity contribution is 5.53. The molecule has 0 radical (unpaired) electrons. The normalized spacial score (nSPS) is 12.2. The summed E-state index contributed by atoms with van der Waals surface area (Å²) in [6, 6.07) is 5.82. The Hall–Kier alpha value is -2.44. The van der Waals surface area contributed by atoms with Crippen molar-refractivity contribution in [3.05, 3.63) is 52.1 Å². The second kappa shape index (κ2) is 5.05. The van der Waals surface area contributed by atoms with Gasteiger partial charge < -0.3 is 15.4 Å². The van der Waals surface area contributed by atoms with Crippen LogP contribution in [-0.2, 0) is 7.05 Å². The summed E-state index contributed by atoms with van der Waals surface area (Å²) in [6.45, 7) is 1.80. The van der Waals surface area contributed by atoms with E-state index in [1.807, 2.05) is 0 Å². The highest BCUT2D eigenvalue weighted by Crippen LogP contribution is 2.26. The molecular weight excluding hydrogens is 251 g/mol. The molecule has 0 bridgehead atoms. The number of benzene rings is 1. The lowest BCUT2D eigenvalue weighted by Crippen LogP contribution is -2.11. The number of aromatic nitrogens is 2. The SMILES string of the molecule is CC(Nc1c([N+](=O)[O-])ncn1C)c1cccc(F)c1. The Kier molecular flexibility index (Phi) is 3.46. The van der Waals surface area contributed by atoms with Crippen molar-refractivity contribution in [3.8, 4) is 0 Å². The molecule has 6 nitrogen and oxygen atoms in total. The number of nitrogens with one attached hydrogen (secondary N) is 1. The van der Waals surface area contributed by atoms with Gasteiger partial charge in [-0.05, 0) is 34.5 Å². The molecule has 0 aliphatic heterocycles. The molecule has 1 unspecified atom stereocenters. The first-order valence-corrected chi connectivity index (χ1v) is 5.66. The fourth-order valence-electron chi connectivity index (χ4n) is 1.78. The third-order valence-electron chi connectivity index (χ3n) is 2.79. The van der Waals surface area contributed by atoms with Crippen LogP contribution in [-0.4, -0.2) is 14.5 Å². The summed E-state index contributed by atoms with van der Waals surface area (Å²) in [5.41, 5.74) is 0.704. The summed E-state index contributed by atoms with van der Waals surface area (Å²) in [7, 11) is 1.65. The quantitative estimate of drug-likeness (QED) is 0.680. The molecule has 19 heavy (non-hydrogen) atoms. The van der Waals surface area contributed by atoms with Crippen LogP contribution in [0.2, 0.25) is 0 Å². The Morgan fingerprint density at radius 2 is 2.26 bits per heavy atom. The zero-order valence-electron chi connectivity index (χ0n) is 10.5. The smallest absolute Gasteiger partial charge is 0.358 e. The van der Waals surface area contributed by atoms with Crippen LogP contribution in [0.5, 0.6) is 0 Å². The molecule has 0 amide bonds. The number of hydrogen-bond acceptors (Lipinski definition) is 4. The monoisotopic (exact) mass is 264 g/mol. The Balaban J connectivity index is 2.26. The van der Waals surface area contributed by atoms with E-state index in [4.69, 9.17) is 0 Å². The minimum absolute atomic E-state index is 0.245. The van der Waals surface area contributed by atoms with Gasteiger partial charge >= 0.3 is 5.82 Å². The van der Waals surface area contributed by atoms with E-state index in [0.29, 0.717) is 11.4 Å². The van der Waals surface area contributed by atoms with Gasteiger partial charge in [-0.15, -0.1) is 0 Å².